The average Bonchev–Trinajstić information content (AvgIpc) is 2.31. The van der Waals surface area contributed by atoms with Gasteiger partial charge in [0.05, 0.1) is 0 Å². The lowest BCUT2D eigenvalue weighted by Gasteiger charge is -2.04. The van der Waals surface area contributed by atoms with Crippen LogP contribution < -0.4 is 0 Å². The summed E-state index contributed by atoms with van der Waals surface area (Å²) in [6.45, 7) is 3.78. The van der Waals surface area contributed by atoms with Crippen LogP contribution >= 0.6 is 15.9 Å². The third-order valence-electron chi connectivity index (χ3n) is 2.54. The summed E-state index contributed by atoms with van der Waals surface area (Å²) in [5.41, 5.74) is 3.78. The first kappa shape index (κ1) is 11.2. The fourth-order valence-corrected chi connectivity index (χ4v) is 2.27. The Bertz CT molecular complexity index is 486. The van der Waals surface area contributed by atoms with Crippen LogP contribution in [-0.4, -0.2) is 0 Å². The van der Waals surface area contributed by atoms with E-state index in [0.717, 1.165) is 16.5 Å². The Morgan fingerprint density at radius 3 is 2.38 bits per heavy atom. The summed E-state index contributed by atoms with van der Waals surface area (Å²) < 4.78 is 1.11. The van der Waals surface area contributed by atoms with Gasteiger partial charge in [0.15, 0.2) is 0 Å². The van der Waals surface area contributed by atoms with Crippen molar-refractivity contribution in [1.82, 2.24) is 0 Å². The average molecular weight is 273 g/mol. The van der Waals surface area contributed by atoms with Crippen LogP contribution in [0.5, 0.6) is 0 Å². The van der Waals surface area contributed by atoms with Crippen molar-refractivity contribution in [2.45, 2.75) is 6.42 Å². The summed E-state index contributed by atoms with van der Waals surface area (Å²) in [6, 6.07) is 16.9. The first-order valence-electron chi connectivity index (χ1n) is 5.24. The van der Waals surface area contributed by atoms with Crippen LogP contribution in [0.15, 0.2) is 59.6 Å². The van der Waals surface area contributed by atoms with Gasteiger partial charge in [0.25, 0.3) is 0 Å². The smallest absolute Gasteiger partial charge is 0.0250 e. The molecule has 0 heterocycles. The van der Waals surface area contributed by atoms with Crippen LogP contribution in [0.2, 0.25) is 0 Å². The van der Waals surface area contributed by atoms with E-state index in [0.29, 0.717) is 0 Å². The van der Waals surface area contributed by atoms with E-state index in [4.69, 9.17) is 0 Å². The minimum absolute atomic E-state index is 0.969. The Labute approximate surface area is 105 Å². The van der Waals surface area contributed by atoms with E-state index in [-0.39, 0.29) is 0 Å². The quantitative estimate of drug-likeness (QED) is 0.761. The fourth-order valence-electron chi connectivity index (χ4n) is 1.68. The van der Waals surface area contributed by atoms with Crippen LogP contribution in [0.3, 0.4) is 0 Å². The Hall–Kier alpha value is -1.34. The monoisotopic (exact) mass is 272 g/mol. The minimum Gasteiger partial charge on any atom is -0.0984 e. The number of halogens is 1. The first-order valence-corrected chi connectivity index (χ1v) is 6.03. The Morgan fingerprint density at radius 1 is 1.00 bits per heavy atom. The summed E-state index contributed by atoms with van der Waals surface area (Å²) in [5.74, 6) is 0. The van der Waals surface area contributed by atoms with E-state index in [2.05, 4.69) is 65.0 Å². The molecular weight excluding hydrogens is 260 g/mol. The molecule has 2 rings (SSSR count). The normalized spacial score (nSPS) is 10.1. The van der Waals surface area contributed by atoms with Gasteiger partial charge in [0.2, 0.25) is 0 Å². The molecule has 2 aromatic rings. The Balaban J connectivity index is 2.23. The fraction of sp³-hybridized carbons (Fsp3) is 0.0667. The lowest BCUT2D eigenvalue weighted by molar-refractivity contribution is 1.19. The number of benzene rings is 2. The second kappa shape index (κ2) is 5.13. The van der Waals surface area contributed by atoms with Crippen LogP contribution in [0, 0.1) is 0 Å². The van der Waals surface area contributed by atoms with Gasteiger partial charge in [-0.3, -0.25) is 0 Å². The van der Waals surface area contributed by atoms with Gasteiger partial charge in [-0.1, -0.05) is 71.0 Å². The van der Waals surface area contributed by atoms with Gasteiger partial charge in [-0.25, -0.2) is 0 Å². The second-order valence-electron chi connectivity index (χ2n) is 3.72. The van der Waals surface area contributed by atoms with Gasteiger partial charge in [0.1, 0.15) is 0 Å². The molecule has 0 aliphatic carbocycles. The van der Waals surface area contributed by atoms with Crippen LogP contribution in [0.1, 0.15) is 16.7 Å². The Kier molecular flexibility index (Phi) is 3.58. The molecule has 80 valence electrons. The maximum atomic E-state index is 3.78. The molecule has 0 spiro atoms. The number of hydrogen-bond acceptors (Lipinski definition) is 0. The summed E-state index contributed by atoms with van der Waals surface area (Å²) >= 11 is 3.55. The molecule has 0 atom stereocenters. The van der Waals surface area contributed by atoms with Gasteiger partial charge in [0, 0.05) is 4.47 Å². The standard InChI is InChI=1S/C15H13Br/c1-2-14-9-8-13(11-15(14)16)10-12-6-4-3-5-7-12/h2-9,11H,1,10H2. The molecule has 0 aliphatic heterocycles. The highest BCUT2D eigenvalue weighted by molar-refractivity contribution is 9.10. The molecule has 1 heteroatoms. The van der Waals surface area contributed by atoms with Gasteiger partial charge in [-0.15, -0.1) is 0 Å². The molecule has 16 heavy (non-hydrogen) atoms. The molecule has 0 bridgehead atoms. The van der Waals surface area contributed by atoms with Crippen molar-refractivity contribution in [1.29, 1.82) is 0 Å². The van der Waals surface area contributed by atoms with E-state index < -0.39 is 0 Å². The largest absolute Gasteiger partial charge is 0.0984 e. The number of hydrogen-bond donors (Lipinski definition) is 0. The molecular formula is C15H13Br. The van der Waals surface area contributed by atoms with Crippen molar-refractivity contribution < 1.29 is 0 Å². The van der Waals surface area contributed by atoms with Crippen molar-refractivity contribution in [2.75, 3.05) is 0 Å². The van der Waals surface area contributed by atoms with E-state index in [1.54, 1.807) is 0 Å². The zero-order valence-corrected chi connectivity index (χ0v) is 10.6. The van der Waals surface area contributed by atoms with Crippen molar-refractivity contribution in [3.63, 3.8) is 0 Å². The zero-order chi connectivity index (χ0) is 11.4. The Morgan fingerprint density at radius 2 is 1.75 bits per heavy atom. The van der Waals surface area contributed by atoms with E-state index >= 15 is 0 Å². The van der Waals surface area contributed by atoms with Gasteiger partial charge in [-0.2, -0.15) is 0 Å². The lowest BCUT2D eigenvalue weighted by Crippen LogP contribution is -1.88. The SMILES string of the molecule is C=Cc1ccc(Cc2ccccc2)cc1Br. The molecule has 0 saturated carbocycles. The highest BCUT2D eigenvalue weighted by Gasteiger charge is 1.99. The third-order valence-corrected chi connectivity index (χ3v) is 3.22. The zero-order valence-electron chi connectivity index (χ0n) is 8.99. The topological polar surface area (TPSA) is 0 Å². The predicted molar refractivity (Wildman–Crippen MR) is 73.5 cm³/mol. The summed E-state index contributed by atoms with van der Waals surface area (Å²) in [5, 5.41) is 0. The molecule has 0 saturated heterocycles. The maximum Gasteiger partial charge on any atom is 0.0250 e. The van der Waals surface area contributed by atoms with Crippen LogP contribution in [0.4, 0.5) is 0 Å². The summed E-state index contributed by atoms with van der Waals surface area (Å²) in [4.78, 5) is 0. The molecule has 2 aromatic carbocycles. The number of rotatable bonds is 3. The highest BCUT2D eigenvalue weighted by Crippen LogP contribution is 2.21. The molecule has 0 aromatic heterocycles. The van der Waals surface area contributed by atoms with Crippen molar-refractivity contribution in [3.8, 4) is 0 Å². The van der Waals surface area contributed by atoms with Crippen LogP contribution in [-0.2, 0) is 6.42 Å². The highest BCUT2D eigenvalue weighted by atomic mass is 79.9. The molecule has 0 aliphatic rings. The maximum absolute atomic E-state index is 3.78. The summed E-state index contributed by atoms with van der Waals surface area (Å²) in [7, 11) is 0. The lowest BCUT2D eigenvalue weighted by atomic mass is 10.0. The van der Waals surface area contributed by atoms with Gasteiger partial charge >= 0.3 is 0 Å². The minimum atomic E-state index is 0.969. The summed E-state index contributed by atoms with van der Waals surface area (Å²) in [6.07, 6.45) is 2.83. The van der Waals surface area contributed by atoms with Crippen molar-refractivity contribution in [3.05, 3.63) is 76.3 Å². The molecule has 0 nitrogen and oxygen atoms in total. The molecule has 0 amide bonds. The van der Waals surface area contributed by atoms with Crippen LogP contribution in [0.25, 0.3) is 6.08 Å². The molecule has 0 unspecified atom stereocenters. The molecule has 0 fully saturated rings. The van der Waals surface area contributed by atoms with Gasteiger partial charge in [-0.05, 0) is 29.2 Å². The van der Waals surface area contributed by atoms with E-state index in [1.165, 1.54) is 11.1 Å². The first-order chi connectivity index (χ1) is 7.79. The second-order valence-corrected chi connectivity index (χ2v) is 4.58. The molecule has 0 radical (unpaired) electrons. The van der Waals surface area contributed by atoms with Crippen molar-refractivity contribution >= 4 is 22.0 Å². The molecule has 0 N–H and O–H groups in total. The predicted octanol–water partition coefficient (Wildman–Crippen LogP) is 4.68. The van der Waals surface area contributed by atoms with E-state index in [9.17, 15) is 0 Å². The third kappa shape index (κ3) is 2.61. The van der Waals surface area contributed by atoms with Crippen molar-refractivity contribution in [2.24, 2.45) is 0 Å². The van der Waals surface area contributed by atoms with E-state index in [1.807, 2.05) is 12.1 Å². The van der Waals surface area contributed by atoms with Gasteiger partial charge < -0.3 is 0 Å².